The van der Waals surface area contributed by atoms with Crippen molar-refractivity contribution in [2.45, 2.75) is 32.6 Å². The van der Waals surface area contributed by atoms with Gasteiger partial charge in [-0.2, -0.15) is 4.39 Å². The summed E-state index contributed by atoms with van der Waals surface area (Å²) in [4.78, 5) is 7.55. The van der Waals surface area contributed by atoms with Crippen LogP contribution in [0.4, 0.5) is 4.39 Å². The molecule has 1 aromatic rings. The zero-order chi connectivity index (χ0) is 9.19. The summed E-state index contributed by atoms with van der Waals surface area (Å²) < 4.78 is 12.4. The van der Waals surface area contributed by atoms with E-state index in [1.54, 1.807) is 0 Å². The van der Waals surface area contributed by atoms with Crippen LogP contribution < -0.4 is 0 Å². The van der Waals surface area contributed by atoms with Gasteiger partial charge in [0.2, 0.25) is 5.95 Å². The van der Waals surface area contributed by atoms with Crippen LogP contribution in [0.5, 0.6) is 0 Å². The molecule has 1 rings (SSSR count). The number of halogens is 1. The van der Waals surface area contributed by atoms with E-state index in [4.69, 9.17) is 0 Å². The lowest BCUT2D eigenvalue weighted by molar-refractivity contribution is 0.479. The minimum atomic E-state index is -0.523. The smallest absolute Gasteiger partial charge is 0.231 e. The van der Waals surface area contributed by atoms with Crippen molar-refractivity contribution in [3.63, 3.8) is 0 Å². The predicted molar refractivity (Wildman–Crippen MR) is 45.3 cm³/mol. The lowest BCUT2D eigenvalue weighted by atomic mass is 9.87. The van der Waals surface area contributed by atoms with E-state index < -0.39 is 5.95 Å². The van der Waals surface area contributed by atoms with Crippen LogP contribution in [0, 0.1) is 5.95 Å². The molecule has 0 saturated carbocycles. The molecule has 0 bridgehead atoms. The zero-order valence-corrected chi connectivity index (χ0v) is 7.63. The summed E-state index contributed by atoms with van der Waals surface area (Å²) in [6, 6.07) is 0. The monoisotopic (exact) mass is 168 g/mol. The second-order valence-corrected chi connectivity index (χ2v) is 3.46. The maximum atomic E-state index is 12.4. The molecule has 0 aliphatic carbocycles. The Morgan fingerprint density at radius 2 is 2.00 bits per heavy atom. The second kappa shape index (κ2) is 3.17. The molecular weight excluding hydrogens is 155 g/mol. The molecular formula is C9H13FN2. The largest absolute Gasteiger partial charge is 0.254 e. The van der Waals surface area contributed by atoms with Gasteiger partial charge in [0.15, 0.2) is 0 Å². The number of rotatable bonds is 2. The Morgan fingerprint density at radius 3 is 2.42 bits per heavy atom. The lowest BCUT2D eigenvalue weighted by Gasteiger charge is -2.20. The first-order chi connectivity index (χ1) is 5.56. The lowest BCUT2D eigenvalue weighted by Crippen LogP contribution is -2.17. The fourth-order valence-corrected chi connectivity index (χ4v) is 0.843. The molecule has 0 aromatic carbocycles. The van der Waals surface area contributed by atoms with Crippen molar-refractivity contribution in [1.29, 1.82) is 0 Å². The molecule has 1 heterocycles. The third kappa shape index (κ3) is 1.78. The fourth-order valence-electron chi connectivity index (χ4n) is 0.843. The van der Waals surface area contributed by atoms with Crippen molar-refractivity contribution in [1.82, 2.24) is 9.97 Å². The summed E-state index contributed by atoms with van der Waals surface area (Å²) in [6.45, 7) is 6.20. The summed E-state index contributed by atoms with van der Waals surface area (Å²) in [5.74, 6) is -0.523. The number of hydrogen-bond acceptors (Lipinski definition) is 2. The van der Waals surface area contributed by atoms with Gasteiger partial charge in [-0.1, -0.05) is 20.8 Å². The van der Waals surface area contributed by atoms with Crippen molar-refractivity contribution in [3.8, 4) is 0 Å². The normalized spacial score (nSPS) is 11.7. The fraction of sp³-hybridized carbons (Fsp3) is 0.556. The molecule has 0 N–H and O–H groups in total. The molecule has 0 aliphatic heterocycles. The SMILES string of the molecule is CCC(C)(C)c1cnc(F)cn1. The Balaban J connectivity index is 2.96. The van der Waals surface area contributed by atoms with Crippen LogP contribution in [-0.4, -0.2) is 9.97 Å². The highest BCUT2D eigenvalue weighted by atomic mass is 19.1. The quantitative estimate of drug-likeness (QED) is 0.677. The second-order valence-electron chi connectivity index (χ2n) is 3.46. The number of aromatic nitrogens is 2. The Morgan fingerprint density at radius 1 is 1.33 bits per heavy atom. The Hall–Kier alpha value is -0.990. The average Bonchev–Trinajstić information content (AvgIpc) is 2.05. The third-order valence-corrected chi connectivity index (χ3v) is 2.20. The summed E-state index contributed by atoms with van der Waals surface area (Å²) in [6.07, 6.45) is 3.62. The highest BCUT2D eigenvalue weighted by Gasteiger charge is 2.19. The molecule has 0 unspecified atom stereocenters. The van der Waals surface area contributed by atoms with Crippen molar-refractivity contribution in [2.24, 2.45) is 0 Å². The van der Waals surface area contributed by atoms with Gasteiger partial charge in [0, 0.05) is 5.41 Å². The van der Waals surface area contributed by atoms with Crippen molar-refractivity contribution in [3.05, 3.63) is 24.0 Å². The van der Waals surface area contributed by atoms with Crippen LogP contribution >= 0.6 is 0 Å². The first kappa shape index (κ1) is 9.10. The van der Waals surface area contributed by atoms with Crippen LogP contribution in [0.15, 0.2) is 12.4 Å². The van der Waals surface area contributed by atoms with Crippen LogP contribution in [0.25, 0.3) is 0 Å². The molecule has 0 amide bonds. The molecule has 0 radical (unpaired) electrons. The van der Waals surface area contributed by atoms with E-state index in [0.717, 1.165) is 18.3 Å². The maximum absolute atomic E-state index is 12.4. The van der Waals surface area contributed by atoms with E-state index in [-0.39, 0.29) is 5.41 Å². The molecule has 0 atom stereocenters. The number of hydrogen-bond donors (Lipinski definition) is 0. The summed E-state index contributed by atoms with van der Waals surface area (Å²) in [5, 5.41) is 0. The van der Waals surface area contributed by atoms with Gasteiger partial charge in [-0.25, -0.2) is 4.98 Å². The van der Waals surface area contributed by atoms with E-state index in [9.17, 15) is 4.39 Å². The van der Waals surface area contributed by atoms with Gasteiger partial charge in [-0.05, 0) is 6.42 Å². The minimum absolute atomic E-state index is 0.0132. The summed E-state index contributed by atoms with van der Waals surface area (Å²) in [5.41, 5.74) is 0.826. The van der Waals surface area contributed by atoms with Crippen LogP contribution in [0.2, 0.25) is 0 Å². The molecule has 0 fully saturated rings. The molecule has 3 heteroatoms. The molecule has 66 valence electrons. The third-order valence-electron chi connectivity index (χ3n) is 2.20. The van der Waals surface area contributed by atoms with Gasteiger partial charge in [0.25, 0.3) is 0 Å². The maximum Gasteiger partial charge on any atom is 0.231 e. The van der Waals surface area contributed by atoms with E-state index in [2.05, 4.69) is 30.7 Å². The standard InChI is InChI=1S/C9H13FN2/c1-4-9(2,3)7-5-12-8(10)6-11-7/h5-6H,4H2,1-3H3. The Labute approximate surface area is 71.9 Å². The van der Waals surface area contributed by atoms with Gasteiger partial charge in [0.1, 0.15) is 0 Å². The van der Waals surface area contributed by atoms with E-state index in [1.807, 2.05) is 0 Å². The Kier molecular flexibility index (Phi) is 2.40. The molecule has 12 heavy (non-hydrogen) atoms. The van der Waals surface area contributed by atoms with Gasteiger partial charge in [-0.15, -0.1) is 0 Å². The van der Waals surface area contributed by atoms with Crippen molar-refractivity contribution < 1.29 is 4.39 Å². The first-order valence-electron chi connectivity index (χ1n) is 4.04. The van der Waals surface area contributed by atoms with Crippen molar-refractivity contribution in [2.75, 3.05) is 0 Å². The van der Waals surface area contributed by atoms with E-state index in [0.29, 0.717) is 0 Å². The zero-order valence-electron chi connectivity index (χ0n) is 7.63. The highest BCUT2D eigenvalue weighted by molar-refractivity contribution is 5.09. The van der Waals surface area contributed by atoms with Gasteiger partial charge in [-0.3, -0.25) is 4.98 Å². The topological polar surface area (TPSA) is 25.8 Å². The molecule has 0 saturated heterocycles. The van der Waals surface area contributed by atoms with E-state index in [1.165, 1.54) is 6.20 Å². The van der Waals surface area contributed by atoms with Crippen LogP contribution in [-0.2, 0) is 5.41 Å². The molecule has 0 spiro atoms. The Bertz CT molecular complexity index is 254. The van der Waals surface area contributed by atoms with Gasteiger partial charge < -0.3 is 0 Å². The van der Waals surface area contributed by atoms with E-state index >= 15 is 0 Å². The molecule has 2 nitrogen and oxygen atoms in total. The average molecular weight is 168 g/mol. The molecule has 0 aliphatic rings. The first-order valence-corrected chi connectivity index (χ1v) is 4.04. The summed E-state index contributed by atoms with van der Waals surface area (Å²) >= 11 is 0. The van der Waals surface area contributed by atoms with Crippen molar-refractivity contribution >= 4 is 0 Å². The number of nitrogens with zero attached hydrogens (tertiary/aromatic N) is 2. The highest BCUT2D eigenvalue weighted by Crippen LogP contribution is 2.23. The predicted octanol–water partition coefficient (Wildman–Crippen LogP) is 2.30. The molecule has 1 aromatic heterocycles. The summed E-state index contributed by atoms with van der Waals surface area (Å²) in [7, 11) is 0. The van der Waals surface area contributed by atoms with Crippen LogP contribution in [0.1, 0.15) is 32.9 Å². The van der Waals surface area contributed by atoms with Crippen LogP contribution in [0.3, 0.4) is 0 Å². The van der Waals surface area contributed by atoms with Gasteiger partial charge in [0.05, 0.1) is 18.1 Å². The minimum Gasteiger partial charge on any atom is -0.254 e. The van der Waals surface area contributed by atoms with Gasteiger partial charge >= 0.3 is 0 Å².